The molecule has 0 spiro atoms. The standard InChI is InChI=1S/C25H25O3Si.Y/c1-27-29(2,3)19-28-25(26)18-11-20-9-12-22(13-10-20)24-16-14-23(15-17-24)21-7-5-4-6-8-21;/h5-18H,19H2,1-3H3;/q-1;+3/b18-11+;. The summed E-state index contributed by atoms with van der Waals surface area (Å²) in [4.78, 5) is 11.9. The Morgan fingerprint density at radius 1 is 0.867 bits per heavy atom. The molecule has 0 saturated carbocycles. The maximum Gasteiger partial charge on any atom is 3.00 e. The van der Waals surface area contributed by atoms with Gasteiger partial charge >= 0.3 is 38.7 Å². The first-order chi connectivity index (χ1) is 14.0. The third kappa shape index (κ3) is 7.13. The molecule has 5 heteroatoms. The minimum absolute atomic E-state index is 0. The van der Waals surface area contributed by atoms with Gasteiger partial charge in [0.15, 0.2) is 0 Å². The number of carbonyl (C=O) groups excluding carboxylic acids is 1. The van der Waals surface area contributed by atoms with Gasteiger partial charge in [-0.2, -0.15) is 30.3 Å². The van der Waals surface area contributed by atoms with Gasteiger partial charge < -0.3 is 9.16 Å². The van der Waals surface area contributed by atoms with Crippen molar-refractivity contribution in [3.8, 4) is 22.3 Å². The van der Waals surface area contributed by atoms with Crippen molar-refractivity contribution in [2.24, 2.45) is 0 Å². The molecule has 0 aliphatic rings. The smallest absolute Gasteiger partial charge is 0.463 e. The quantitative estimate of drug-likeness (QED) is 0.183. The molecule has 30 heavy (non-hydrogen) atoms. The van der Waals surface area contributed by atoms with Crippen LogP contribution in [0.4, 0.5) is 0 Å². The fraction of sp³-hybridized carbons (Fsp3) is 0.160. The topological polar surface area (TPSA) is 35.5 Å². The Balaban J connectivity index is 0.00000320. The van der Waals surface area contributed by atoms with Gasteiger partial charge in [-0.25, -0.2) is 4.79 Å². The van der Waals surface area contributed by atoms with E-state index in [1.54, 1.807) is 13.2 Å². The van der Waals surface area contributed by atoms with E-state index >= 15 is 0 Å². The maximum absolute atomic E-state index is 11.9. The monoisotopic (exact) mass is 490 g/mol. The van der Waals surface area contributed by atoms with Crippen LogP contribution in [0.25, 0.3) is 28.3 Å². The zero-order valence-electron chi connectivity index (χ0n) is 17.6. The first kappa shape index (κ1) is 24.4. The van der Waals surface area contributed by atoms with Crippen molar-refractivity contribution in [3.63, 3.8) is 0 Å². The molecule has 3 rings (SSSR count). The van der Waals surface area contributed by atoms with Crippen molar-refractivity contribution in [2.75, 3.05) is 13.3 Å². The van der Waals surface area contributed by atoms with E-state index in [2.05, 4.69) is 54.6 Å². The van der Waals surface area contributed by atoms with E-state index in [0.717, 1.165) is 16.7 Å². The number of benzene rings is 3. The van der Waals surface area contributed by atoms with Gasteiger partial charge in [-0.05, 0) is 41.4 Å². The Bertz CT molecular complexity index is 966. The molecule has 0 aliphatic heterocycles. The van der Waals surface area contributed by atoms with Gasteiger partial charge in [-0.3, -0.25) is 0 Å². The normalized spacial score (nSPS) is 11.2. The van der Waals surface area contributed by atoms with Crippen LogP contribution in [0, 0.1) is 6.07 Å². The van der Waals surface area contributed by atoms with Crippen molar-refractivity contribution in [1.29, 1.82) is 0 Å². The minimum atomic E-state index is -1.90. The molecule has 0 unspecified atom stereocenters. The van der Waals surface area contributed by atoms with Crippen LogP contribution < -0.4 is 0 Å². The molecule has 0 N–H and O–H groups in total. The molecule has 0 aromatic heterocycles. The van der Waals surface area contributed by atoms with E-state index < -0.39 is 8.32 Å². The molecule has 0 saturated heterocycles. The van der Waals surface area contributed by atoms with Crippen molar-refractivity contribution >= 4 is 20.4 Å². The first-order valence-corrected chi connectivity index (χ1v) is 12.7. The van der Waals surface area contributed by atoms with Crippen molar-refractivity contribution in [2.45, 2.75) is 13.1 Å². The molecule has 0 bridgehead atoms. The summed E-state index contributed by atoms with van der Waals surface area (Å²) in [5, 5.41) is 0. The largest absolute Gasteiger partial charge is 3.00 e. The summed E-state index contributed by atoms with van der Waals surface area (Å²) in [6.07, 6.45) is 3.58. The van der Waals surface area contributed by atoms with Crippen LogP contribution >= 0.6 is 0 Å². The Morgan fingerprint density at radius 3 is 1.83 bits per heavy atom. The molecule has 0 heterocycles. The molecule has 0 aliphatic carbocycles. The molecule has 0 atom stereocenters. The van der Waals surface area contributed by atoms with Crippen LogP contribution in [0.15, 0.2) is 78.9 Å². The van der Waals surface area contributed by atoms with E-state index in [-0.39, 0.29) is 38.7 Å². The summed E-state index contributed by atoms with van der Waals surface area (Å²) >= 11 is 0. The third-order valence-electron chi connectivity index (χ3n) is 4.71. The number of rotatable bonds is 7. The van der Waals surface area contributed by atoms with Crippen LogP contribution in [0.1, 0.15) is 5.56 Å². The maximum atomic E-state index is 11.9. The van der Waals surface area contributed by atoms with E-state index in [0.29, 0.717) is 6.23 Å². The zero-order valence-corrected chi connectivity index (χ0v) is 21.4. The van der Waals surface area contributed by atoms with Gasteiger partial charge in [0.05, 0.1) is 0 Å². The number of esters is 1. The summed E-state index contributed by atoms with van der Waals surface area (Å²) in [5.41, 5.74) is 5.59. The predicted octanol–water partition coefficient (Wildman–Crippen LogP) is 5.77. The van der Waals surface area contributed by atoms with Crippen molar-refractivity contribution in [3.05, 3.63) is 90.5 Å². The van der Waals surface area contributed by atoms with E-state index in [4.69, 9.17) is 9.16 Å². The van der Waals surface area contributed by atoms with Crippen LogP contribution in [0.5, 0.6) is 0 Å². The molecule has 0 fully saturated rings. The summed E-state index contributed by atoms with van der Waals surface area (Å²) in [5.74, 6) is -0.346. The second-order valence-corrected chi connectivity index (χ2v) is 11.6. The first-order valence-electron chi connectivity index (χ1n) is 9.54. The Labute approximate surface area is 205 Å². The van der Waals surface area contributed by atoms with Crippen molar-refractivity contribution < 1.29 is 46.7 Å². The summed E-state index contributed by atoms with van der Waals surface area (Å²) in [7, 11) is -0.240. The molecule has 3 nitrogen and oxygen atoms in total. The van der Waals surface area contributed by atoms with E-state index in [1.807, 2.05) is 37.4 Å². The number of carbonyl (C=O) groups is 1. The number of ether oxygens (including phenoxy) is 1. The SMILES string of the molecule is CO[Si](C)(C)COC(=O)/C=C/c1ccc(-c2ccc(-c3cc[c-]cc3)cc2)cc1.[Y+3]. The van der Waals surface area contributed by atoms with Crippen LogP contribution in [-0.2, 0) is 46.7 Å². The molecule has 3 aromatic rings. The third-order valence-corrected chi connectivity index (χ3v) is 6.65. The summed E-state index contributed by atoms with van der Waals surface area (Å²) < 4.78 is 10.6. The summed E-state index contributed by atoms with van der Waals surface area (Å²) in [6.45, 7) is 4.02. The van der Waals surface area contributed by atoms with Crippen LogP contribution in [-0.4, -0.2) is 27.6 Å². The molecule has 3 aromatic carbocycles. The number of hydrogen-bond acceptors (Lipinski definition) is 3. The van der Waals surface area contributed by atoms with Gasteiger partial charge in [0.2, 0.25) is 8.32 Å². The van der Waals surface area contributed by atoms with Gasteiger partial charge in [0, 0.05) is 13.2 Å². The molecule has 0 amide bonds. The zero-order chi connectivity index (χ0) is 20.7. The molecular weight excluding hydrogens is 465 g/mol. The molecule has 0 radical (unpaired) electrons. The summed E-state index contributed by atoms with van der Waals surface area (Å²) in [6, 6.07) is 27.6. The molecule has 148 valence electrons. The van der Waals surface area contributed by atoms with E-state index in [1.165, 1.54) is 17.2 Å². The second kappa shape index (κ2) is 11.5. The predicted molar refractivity (Wildman–Crippen MR) is 121 cm³/mol. The van der Waals surface area contributed by atoms with Crippen molar-refractivity contribution in [1.82, 2.24) is 0 Å². The van der Waals surface area contributed by atoms with Crippen LogP contribution in [0.2, 0.25) is 13.1 Å². The van der Waals surface area contributed by atoms with Gasteiger partial charge in [-0.15, -0.1) is 5.56 Å². The van der Waals surface area contributed by atoms with Gasteiger partial charge in [0.25, 0.3) is 0 Å². The Morgan fingerprint density at radius 2 is 1.33 bits per heavy atom. The average Bonchev–Trinajstić information content (AvgIpc) is 2.77. The minimum Gasteiger partial charge on any atom is -0.463 e. The Hall–Kier alpha value is -1.85. The fourth-order valence-corrected chi connectivity index (χ4v) is 3.35. The van der Waals surface area contributed by atoms with E-state index in [9.17, 15) is 4.79 Å². The van der Waals surface area contributed by atoms with Gasteiger partial charge in [0.1, 0.15) is 6.23 Å². The Kier molecular flexibility index (Phi) is 9.38. The van der Waals surface area contributed by atoms with Gasteiger partial charge in [-0.1, -0.05) is 48.5 Å². The number of hydrogen-bond donors (Lipinski definition) is 0. The average molecular weight is 490 g/mol. The second-order valence-electron chi connectivity index (χ2n) is 7.39. The fourth-order valence-electron chi connectivity index (χ4n) is 2.74. The van der Waals surface area contributed by atoms with Crippen LogP contribution in [0.3, 0.4) is 0 Å². The molecular formula is C25H25O3SiY+2.